The Morgan fingerprint density at radius 1 is 1.40 bits per heavy atom. The molecule has 0 heterocycles. The molecule has 0 aliphatic heterocycles. The van der Waals surface area contributed by atoms with Crippen LogP contribution >= 0.6 is 0 Å². The standard InChI is InChI=1S/C15H18NO3S/c1-4-8-12(2)11-20(18)16-15(17)19-13(3)14-9-6-5-7-10-14/h1,5-7,9-10,12-13H,8,11H2,2-3H3/q-1/t12-,13-/m0/s1. The van der Waals surface area contributed by atoms with Gasteiger partial charge in [0.25, 0.3) is 0 Å². The third-order valence-electron chi connectivity index (χ3n) is 2.62. The highest BCUT2D eigenvalue weighted by Gasteiger charge is 2.08. The van der Waals surface area contributed by atoms with E-state index in [1.54, 1.807) is 6.92 Å². The minimum atomic E-state index is -1.60. The number of rotatable bonds is 5. The number of hydrogen-bond acceptors (Lipinski definition) is 4. The first-order valence-corrected chi connectivity index (χ1v) is 7.59. The number of benzene rings is 1. The molecule has 20 heavy (non-hydrogen) atoms. The van der Waals surface area contributed by atoms with Crippen LogP contribution in [0, 0.1) is 18.3 Å². The van der Waals surface area contributed by atoms with E-state index in [1.807, 2.05) is 37.3 Å². The van der Waals surface area contributed by atoms with Crippen molar-refractivity contribution in [3.05, 3.63) is 35.9 Å². The molecule has 2 atom stereocenters. The number of amides is 1. The number of ether oxygens (including phenoxy) is 1. The van der Waals surface area contributed by atoms with Gasteiger partial charge in [-0.15, -0.1) is 12.3 Å². The quantitative estimate of drug-likeness (QED) is 0.614. The van der Waals surface area contributed by atoms with Gasteiger partial charge in [-0.1, -0.05) is 43.0 Å². The molecular formula is C15H18NO3S-. The lowest BCUT2D eigenvalue weighted by Gasteiger charge is -2.14. The minimum absolute atomic E-state index is 0.0592. The molecule has 0 unspecified atom stereocenters. The number of carbonyl (C=O) groups is 1. The average Bonchev–Trinajstić information content (AvgIpc) is 2.39. The Morgan fingerprint density at radius 3 is 2.65 bits per heavy atom. The molecule has 0 spiro atoms. The number of hydrogen-bond donors (Lipinski definition) is 0. The molecule has 1 amide bonds. The van der Waals surface area contributed by atoms with Crippen LogP contribution in [0.3, 0.4) is 0 Å². The number of terminal acetylenes is 1. The van der Waals surface area contributed by atoms with E-state index in [9.17, 15) is 9.00 Å². The van der Waals surface area contributed by atoms with Crippen LogP contribution in [0.1, 0.15) is 31.9 Å². The molecule has 0 radical (unpaired) electrons. The maximum atomic E-state index is 11.6. The van der Waals surface area contributed by atoms with Crippen LogP contribution in [-0.2, 0) is 19.5 Å². The van der Waals surface area contributed by atoms with Crippen molar-refractivity contribution in [3.63, 3.8) is 0 Å². The van der Waals surface area contributed by atoms with E-state index < -0.39 is 22.8 Å². The second-order valence-corrected chi connectivity index (χ2v) is 5.69. The molecule has 1 aromatic carbocycles. The molecule has 0 N–H and O–H groups in total. The van der Waals surface area contributed by atoms with Gasteiger partial charge in [-0.05, 0) is 18.4 Å². The van der Waals surface area contributed by atoms with Gasteiger partial charge in [0, 0.05) is 6.42 Å². The Balaban J connectivity index is 2.55. The predicted molar refractivity (Wildman–Crippen MR) is 79.3 cm³/mol. The highest BCUT2D eigenvalue weighted by Crippen LogP contribution is 2.16. The Hall–Kier alpha value is -1.80. The van der Waals surface area contributed by atoms with E-state index in [0.717, 1.165) is 5.56 Å². The summed E-state index contributed by atoms with van der Waals surface area (Å²) in [5, 5.41) is 0. The molecule has 5 heteroatoms. The van der Waals surface area contributed by atoms with Gasteiger partial charge in [0.05, 0.1) is 0 Å². The summed E-state index contributed by atoms with van der Waals surface area (Å²) < 4.78 is 20.2. The molecule has 0 aromatic heterocycles. The van der Waals surface area contributed by atoms with Gasteiger partial charge in [-0.25, -0.2) is 4.79 Å². The highest BCUT2D eigenvalue weighted by atomic mass is 32.2. The molecule has 1 rings (SSSR count). The smallest absolute Gasteiger partial charge is 0.410 e. The Bertz CT molecular complexity index is 556. The van der Waals surface area contributed by atoms with E-state index in [2.05, 4.69) is 10.3 Å². The Labute approximate surface area is 121 Å². The van der Waals surface area contributed by atoms with Crippen LogP contribution < -0.4 is 0 Å². The van der Waals surface area contributed by atoms with Crippen LogP contribution in [-0.4, -0.2) is 11.8 Å². The summed E-state index contributed by atoms with van der Waals surface area (Å²) in [6, 6.07) is 9.30. The number of nitrogens with zero attached hydrogens (tertiary/aromatic N) is 1. The van der Waals surface area contributed by atoms with Crippen molar-refractivity contribution in [3.8, 4) is 12.3 Å². The van der Waals surface area contributed by atoms with Gasteiger partial charge in [-0.3, -0.25) is 4.36 Å². The van der Waals surface area contributed by atoms with Gasteiger partial charge >= 0.3 is 6.09 Å². The summed E-state index contributed by atoms with van der Waals surface area (Å²) in [5.41, 5.74) is 0.863. The van der Waals surface area contributed by atoms with Crippen molar-refractivity contribution >= 4 is 16.7 Å². The van der Waals surface area contributed by atoms with Crippen LogP contribution in [0.4, 0.5) is 4.79 Å². The molecule has 0 bridgehead atoms. The van der Waals surface area contributed by atoms with Gasteiger partial charge in [0.2, 0.25) is 0 Å². The fourth-order valence-electron chi connectivity index (χ4n) is 1.59. The Kier molecular flexibility index (Phi) is 6.82. The van der Waals surface area contributed by atoms with Crippen LogP contribution in [0.15, 0.2) is 34.7 Å². The molecule has 0 saturated heterocycles. The predicted octanol–water partition coefficient (Wildman–Crippen LogP) is 3.69. The van der Waals surface area contributed by atoms with Crippen LogP contribution in [0.25, 0.3) is 0 Å². The van der Waals surface area contributed by atoms with Crippen LogP contribution in [0.5, 0.6) is 0 Å². The van der Waals surface area contributed by atoms with E-state index >= 15 is 0 Å². The van der Waals surface area contributed by atoms with Crippen molar-refractivity contribution < 1.29 is 13.7 Å². The molecule has 0 fully saturated rings. The minimum Gasteiger partial charge on any atom is -0.444 e. The SMILES string of the molecule is C#CC[C@H](C)C[S-](=O)=NC(=O)O[C@@H](C)c1ccccc1. The second-order valence-electron chi connectivity index (χ2n) is 4.53. The topological polar surface area (TPSA) is 55.7 Å². The van der Waals surface area contributed by atoms with Crippen molar-refractivity contribution in [2.75, 3.05) is 5.75 Å². The van der Waals surface area contributed by atoms with Gasteiger partial charge in [-0.2, -0.15) is 10.6 Å². The summed E-state index contributed by atoms with van der Waals surface area (Å²) in [6.07, 6.45) is 4.44. The largest absolute Gasteiger partial charge is 0.444 e. The van der Waals surface area contributed by atoms with Crippen molar-refractivity contribution in [2.24, 2.45) is 10.3 Å². The lowest BCUT2D eigenvalue weighted by Crippen LogP contribution is -2.07. The summed E-state index contributed by atoms with van der Waals surface area (Å²) >= 11 is 0. The number of carbonyl (C=O) groups excluding carboxylic acids is 1. The molecule has 0 aliphatic carbocycles. The van der Waals surface area contributed by atoms with Gasteiger partial charge < -0.3 is 8.95 Å². The Morgan fingerprint density at radius 2 is 2.05 bits per heavy atom. The van der Waals surface area contributed by atoms with E-state index in [-0.39, 0.29) is 11.7 Å². The van der Waals surface area contributed by atoms with Gasteiger partial charge in [0.1, 0.15) is 6.10 Å². The zero-order chi connectivity index (χ0) is 15.0. The van der Waals surface area contributed by atoms with E-state index in [4.69, 9.17) is 11.2 Å². The average molecular weight is 292 g/mol. The fourth-order valence-corrected chi connectivity index (χ4v) is 2.48. The molecule has 4 nitrogen and oxygen atoms in total. The normalized spacial score (nSPS) is 15.1. The maximum absolute atomic E-state index is 11.6. The van der Waals surface area contributed by atoms with Crippen LogP contribution in [0.2, 0.25) is 0 Å². The molecule has 1 aromatic rings. The van der Waals surface area contributed by atoms with E-state index in [1.165, 1.54) is 0 Å². The lowest BCUT2D eigenvalue weighted by molar-refractivity contribution is 0.117. The second kappa shape index (κ2) is 8.39. The summed E-state index contributed by atoms with van der Waals surface area (Å²) in [5.74, 6) is 2.81. The monoisotopic (exact) mass is 292 g/mol. The molecule has 108 valence electrons. The molecule has 0 saturated carbocycles. The summed E-state index contributed by atoms with van der Waals surface area (Å²) in [6.45, 7) is 3.61. The summed E-state index contributed by atoms with van der Waals surface area (Å²) in [7, 11) is -1.60. The molecule has 0 aliphatic rings. The first kappa shape index (κ1) is 16.3. The summed E-state index contributed by atoms with van der Waals surface area (Å²) in [4.78, 5) is 11.6. The third kappa shape index (κ3) is 5.89. The van der Waals surface area contributed by atoms with Crippen molar-refractivity contribution in [1.82, 2.24) is 0 Å². The van der Waals surface area contributed by atoms with Crippen molar-refractivity contribution in [1.29, 1.82) is 0 Å². The first-order chi connectivity index (χ1) is 9.52. The van der Waals surface area contributed by atoms with Crippen molar-refractivity contribution in [2.45, 2.75) is 26.4 Å². The third-order valence-corrected chi connectivity index (χ3v) is 3.82. The van der Waals surface area contributed by atoms with Gasteiger partial charge in [0.15, 0.2) is 0 Å². The zero-order valence-electron chi connectivity index (χ0n) is 11.6. The first-order valence-electron chi connectivity index (χ1n) is 6.32. The fraction of sp³-hybridized carbons (Fsp3) is 0.400. The maximum Gasteiger partial charge on any atom is 0.410 e. The van der Waals surface area contributed by atoms with E-state index in [0.29, 0.717) is 6.42 Å². The highest BCUT2D eigenvalue weighted by molar-refractivity contribution is 7.75. The molecular weight excluding hydrogens is 274 g/mol. The zero-order valence-corrected chi connectivity index (χ0v) is 12.4. The lowest BCUT2D eigenvalue weighted by atomic mass is 10.1.